The third-order valence-electron chi connectivity index (χ3n) is 4.91. The number of rotatable bonds is 3. The molecule has 0 aromatic heterocycles. The lowest BCUT2D eigenvalue weighted by Crippen LogP contribution is -2.59. The van der Waals surface area contributed by atoms with Crippen molar-refractivity contribution in [2.24, 2.45) is 11.3 Å². The van der Waals surface area contributed by atoms with Crippen molar-refractivity contribution >= 4 is 17.6 Å². The van der Waals surface area contributed by atoms with Crippen LogP contribution in [0.25, 0.3) is 0 Å². The number of nitrogens with zero attached hydrogens (tertiary/aromatic N) is 1. The van der Waals surface area contributed by atoms with Gasteiger partial charge in [0, 0.05) is 24.3 Å². The first-order valence-corrected chi connectivity index (χ1v) is 8.93. The Labute approximate surface area is 144 Å². The van der Waals surface area contributed by atoms with Gasteiger partial charge in [-0.2, -0.15) is 0 Å². The van der Waals surface area contributed by atoms with Gasteiger partial charge in [-0.15, -0.1) is 0 Å². The van der Waals surface area contributed by atoms with Crippen LogP contribution in [-0.2, 0) is 19.1 Å². The minimum Gasteiger partial charge on any atom is -0.377 e. The average Bonchev–Trinajstić information content (AvgIpc) is 2.53. The highest BCUT2D eigenvalue weighted by Gasteiger charge is 2.39. The smallest absolute Gasteiger partial charge is 0.245 e. The van der Waals surface area contributed by atoms with Gasteiger partial charge >= 0.3 is 0 Å². The van der Waals surface area contributed by atoms with Crippen LogP contribution in [0.15, 0.2) is 0 Å². The Balaban J connectivity index is 2.07. The van der Waals surface area contributed by atoms with E-state index < -0.39 is 11.5 Å². The molecule has 24 heavy (non-hydrogen) atoms. The Hall–Kier alpha value is -1.43. The predicted octanol–water partition coefficient (Wildman–Crippen LogP) is 1.52. The molecule has 1 aliphatic carbocycles. The second kappa shape index (κ2) is 7.64. The summed E-state index contributed by atoms with van der Waals surface area (Å²) < 4.78 is 5.55. The van der Waals surface area contributed by atoms with Crippen LogP contribution in [-0.4, -0.2) is 54.3 Å². The van der Waals surface area contributed by atoms with Crippen molar-refractivity contribution < 1.29 is 19.1 Å². The molecule has 2 fully saturated rings. The van der Waals surface area contributed by atoms with Crippen molar-refractivity contribution in [3.05, 3.63) is 0 Å². The zero-order chi connectivity index (χ0) is 17.9. The van der Waals surface area contributed by atoms with Crippen LogP contribution in [0.1, 0.15) is 53.4 Å². The molecule has 6 heteroatoms. The van der Waals surface area contributed by atoms with E-state index in [2.05, 4.69) is 5.32 Å². The maximum Gasteiger partial charge on any atom is 0.245 e. The predicted molar refractivity (Wildman–Crippen MR) is 90.3 cm³/mol. The monoisotopic (exact) mass is 338 g/mol. The lowest BCUT2D eigenvalue weighted by atomic mass is 9.82. The first kappa shape index (κ1) is 18.9. The van der Waals surface area contributed by atoms with Crippen LogP contribution in [0.3, 0.4) is 0 Å². The van der Waals surface area contributed by atoms with E-state index >= 15 is 0 Å². The Kier molecular flexibility index (Phi) is 6.01. The van der Waals surface area contributed by atoms with Crippen LogP contribution in [0.5, 0.6) is 0 Å². The number of nitrogens with one attached hydrogen (secondary N) is 1. The first-order valence-electron chi connectivity index (χ1n) is 8.93. The summed E-state index contributed by atoms with van der Waals surface area (Å²) in [6.07, 6.45) is 3.37. The quantitative estimate of drug-likeness (QED) is 0.847. The molecule has 0 spiro atoms. The SMILES string of the molecule is C[C@H](NC(=O)C(C)(C)C)C(=O)N1CCOC[C@@H]1[C@@H]1CCCCC1=O. The summed E-state index contributed by atoms with van der Waals surface area (Å²) >= 11 is 0. The third kappa shape index (κ3) is 4.35. The molecule has 1 heterocycles. The standard InChI is InChI=1S/C18H30N2O4/c1-12(19-17(23)18(2,3)4)16(22)20-9-10-24-11-14(20)13-7-5-6-8-15(13)21/h12-14H,5-11H2,1-4H3,(H,19,23)/t12-,13-,14+/m0/s1. The molecule has 6 nitrogen and oxygen atoms in total. The molecule has 2 aliphatic rings. The second-order valence-corrected chi connectivity index (χ2v) is 7.94. The van der Waals surface area contributed by atoms with Gasteiger partial charge in [-0.1, -0.05) is 27.2 Å². The van der Waals surface area contributed by atoms with Gasteiger partial charge < -0.3 is 15.0 Å². The Morgan fingerprint density at radius 1 is 1.29 bits per heavy atom. The highest BCUT2D eigenvalue weighted by Crippen LogP contribution is 2.28. The second-order valence-electron chi connectivity index (χ2n) is 7.94. The van der Waals surface area contributed by atoms with Gasteiger partial charge in [0.1, 0.15) is 11.8 Å². The molecule has 0 aromatic rings. The number of Topliss-reactive ketones (excluding diaryl/α,β-unsaturated/α-hetero) is 1. The molecule has 2 rings (SSSR count). The Morgan fingerprint density at radius 2 is 2.00 bits per heavy atom. The fourth-order valence-electron chi connectivity index (χ4n) is 3.37. The number of carbonyl (C=O) groups is 3. The number of ketones is 1. The zero-order valence-corrected chi connectivity index (χ0v) is 15.3. The van der Waals surface area contributed by atoms with Crippen LogP contribution >= 0.6 is 0 Å². The number of morpholine rings is 1. The van der Waals surface area contributed by atoms with E-state index in [0.717, 1.165) is 19.3 Å². The summed E-state index contributed by atoms with van der Waals surface area (Å²) in [5.74, 6) is -0.171. The molecule has 1 aliphatic heterocycles. The first-order chi connectivity index (χ1) is 11.2. The third-order valence-corrected chi connectivity index (χ3v) is 4.91. The molecule has 1 saturated heterocycles. The van der Waals surface area contributed by atoms with Crippen LogP contribution in [0.4, 0.5) is 0 Å². The summed E-state index contributed by atoms with van der Waals surface area (Å²) in [5.41, 5.74) is -0.543. The summed E-state index contributed by atoms with van der Waals surface area (Å²) in [5, 5.41) is 2.80. The zero-order valence-electron chi connectivity index (χ0n) is 15.3. The van der Waals surface area contributed by atoms with Crippen LogP contribution in [0.2, 0.25) is 0 Å². The molecule has 136 valence electrons. The fourth-order valence-corrected chi connectivity index (χ4v) is 3.37. The highest BCUT2D eigenvalue weighted by molar-refractivity contribution is 5.90. The van der Waals surface area contributed by atoms with Gasteiger partial charge in [0.2, 0.25) is 11.8 Å². The normalized spacial score (nSPS) is 26.8. The van der Waals surface area contributed by atoms with Gasteiger partial charge in [-0.25, -0.2) is 0 Å². The van der Waals surface area contributed by atoms with Crippen molar-refractivity contribution in [3.63, 3.8) is 0 Å². The minimum atomic E-state index is -0.601. The summed E-state index contributed by atoms with van der Waals surface area (Å²) in [4.78, 5) is 39.0. The van der Waals surface area contributed by atoms with Crippen molar-refractivity contribution in [2.45, 2.75) is 65.5 Å². The Morgan fingerprint density at radius 3 is 2.62 bits per heavy atom. The van der Waals surface area contributed by atoms with Crippen molar-refractivity contribution in [1.82, 2.24) is 10.2 Å². The van der Waals surface area contributed by atoms with Gasteiger partial charge in [0.25, 0.3) is 0 Å². The van der Waals surface area contributed by atoms with Gasteiger partial charge in [0.15, 0.2) is 0 Å². The molecule has 0 unspecified atom stereocenters. The topological polar surface area (TPSA) is 75.7 Å². The van der Waals surface area contributed by atoms with Gasteiger partial charge in [-0.3, -0.25) is 14.4 Å². The number of hydrogen-bond donors (Lipinski definition) is 1. The lowest BCUT2D eigenvalue weighted by molar-refractivity contribution is -0.149. The molecular formula is C18H30N2O4. The fraction of sp³-hybridized carbons (Fsp3) is 0.833. The molecule has 1 saturated carbocycles. The Bertz CT molecular complexity index is 498. The summed E-state index contributed by atoms with van der Waals surface area (Å²) in [6.45, 7) is 8.52. The van der Waals surface area contributed by atoms with Crippen molar-refractivity contribution in [2.75, 3.05) is 19.8 Å². The lowest BCUT2D eigenvalue weighted by Gasteiger charge is -2.42. The molecular weight excluding hydrogens is 308 g/mol. The highest BCUT2D eigenvalue weighted by atomic mass is 16.5. The number of carbonyl (C=O) groups excluding carboxylic acids is 3. The average molecular weight is 338 g/mol. The van der Waals surface area contributed by atoms with Gasteiger partial charge in [0.05, 0.1) is 19.3 Å². The number of ether oxygens (including phenoxy) is 1. The van der Waals surface area contributed by atoms with E-state index in [1.165, 1.54) is 0 Å². The van der Waals surface area contributed by atoms with E-state index in [9.17, 15) is 14.4 Å². The molecule has 0 aromatic carbocycles. The van der Waals surface area contributed by atoms with Crippen molar-refractivity contribution in [3.8, 4) is 0 Å². The summed E-state index contributed by atoms with van der Waals surface area (Å²) in [7, 11) is 0. The number of amides is 2. The molecule has 0 radical (unpaired) electrons. The van der Waals surface area contributed by atoms with E-state index in [0.29, 0.717) is 26.2 Å². The maximum atomic E-state index is 12.9. The van der Waals surface area contributed by atoms with Gasteiger partial charge in [-0.05, 0) is 19.8 Å². The number of hydrogen-bond acceptors (Lipinski definition) is 4. The van der Waals surface area contributed by atoms with E-state index in [4.69, 9.17) is 4.74 Å². The van der Waals surface area contributed by atoms with Crippen LogP contribution in [0, 0.1) is 11.3 Å². The molecule has 0 bridgehead atoms. The van der Waals surface area contributed by atoms with Crippen molar-refractivity contribution in [1.29, 1.82) is 0 Å². The van der Waals surface area contributed by atoms with E-state index in [1.54, 1.807) is 11.8 Å². The largest absolute Gasteiger partial charge is 0.377 e. The molecule has 1 N–H and O–H groups in total. The van der Waals surface area contributed by atoms with E-state index in [1.807, 2.05) is 20.8 Å². The summed E-state index contributed by atoms with van der Waals surface area (Å²) in [6, 6.07) is -0.802. The van der Waals surface area contributed by atoms with Crippen LogP contribution < -0.4 is 5.32 Å². The molecule has 3 atom stereocenters. The minimum absolute atomic E-state index is 0.126. The molecule has 2 amide bonds. The van der Waals surface area contributed by atoms with E-state index in [-0.39, 0.29) is 29.6 Å². The maximum absolute atomic E-state index is 12.9.